The van der Waals surface area contributed by atoms with Crippen LogP contribution >= 0.6 is 0 Å². The first-order valence-electron chi connectivity index (χ1n) is 6.37. The summed E-state index contributed by atoms with van der Waals surface area (Å²) < 4.78 is 0. The Bertz CT molecular complexity index is 537. The number of benzene rings is 1. The third kappa shape index (κ3) is 4.02. The average molecular weight is 254 g/mol. The lowest BCUT2D eigenvalue weighted by atomic mass is 10.0. The maximum Gasteiger partial charge on any atom is 0.0802 e. The molecular weight excluding hydrogens is 236 g/mol. The molecular formula is C16H18N2O. The topological polar surface area (TPSA) is 59.1 Å². The van der Waals surface area contributed by atoms with E-state index in [2.05, 4.69) is 4.98 Å². The van der Waals surface area contributed by atoms with Crippen LogP contribution in [0.5, 0.6) is 0 Å². The van der Waals surface area contributed by atoms with Gasteiger partial charge in [-0.25, -0.2) is 0 Å². The zero-order chi connectivity index (χ0) is 13.5. The van der Waals surface area contributed by atoms with Crippen molar-refractivity contribution in [3.8, 4) is 0 Å². The summed E-state index contributed by atoms with van der Waals surface area (Å²) in [4.78, 5) is 4.23. The van der Waals surface area contributed by atoms with Gasteiger partial charge < -0.3 is 10.8 Å². The van der Waals surface area contributed by atoms with Crippen LogP contribution in [0.3, 0.4) is 0 Å². The van der Waals surface area contributed by atoms with Crippen LogP contribution in [0.2, 0.25) is 0 Å². The standard InChI is InChI=1S/C16H18N2O/c17-10-9-16(19)14-5-3-4-13(12-14)7-8-15-6-1-2-11-18-15/h1-8,11-12,16,19H,9-10,17H2. The minimum atomic E-state index is -0.492. The number of aliphatic hydroxyl groups excluding tert-OH is 1. The average Bonchev–Trinajstić information content (AvgIpc) is 2.47. The second-order valence-corrected chi connectivity index (χ2v) is 4.35. The van der Waals surface area contributed by atoms with Crippen LogP contribution in [-0.2, 0) is 0 Å². The lowest BCUT2D eigenvalue weighted by Crippen LogP contribution is -2.06. The van der Waals surface area contributed by atoms with Crippen molar-refractivity contribution in [2.24, 2.45) is 5.73 Å². The first-order chi connectivity index (χ1) is 9.29. The highest BCUT2D eigenvalue weighted by atomic mass is 16.3. The lowest BCUT2D eigenvalue weighted by molar-refractivity contribution is 0.170. The maximum atomic E-state index is 9.91. The second kappa shape index (κ2) is 6.83. The van der Waals surface area contributed by atoms with Crippen molar-refractivity contribution in [3.05, 3.63) is 65.5 Å². The van der Waals surface area contributed by atoms with Crippen molar-refractivity contribution in [2.75, 3.05) is 6.54 Å². The Hall–Kier alpha value is -1.97. The van der Waals surface area contributed by atoms with Crippen molar-refractivity contribution < 1.29 is 5.11 Å². The number of aromatic nitrogens is 1. The molecule has 0 aliphatic heterocycles. The zero-order valence-electron chi connectivity index (χ0n) is 10.7. The van der Waals surface area contributed by atoms with Gasteiger partial charge in [-0.3, -0.25) is 4.98 Å². The third-order valence-corrected chi connectivity index (χ3v) is 2.87. The van der Waals surface area contributed by atoms with Gasteiger partial charge in [0.25, 0.3) is 0 Å². The smallest absolute Gasteiger partial charge is 0.0802 e. The number of rotatable bonds is 5. The van der Waals surface area contributed by atoms with E-state index in [1.807, 2.05) is 54.6 Å². The molecule has 0 radical (unpaired) electrons. The van der Waals surface area contributed by atoms with Gasteiger partial charge in [-0.05, 0) is 48.4 Å². The highest BCUT2D eigenvalue weighted by Gasteiger charge is 2.05. The van der Waals surface area contributed by atoms with E-state index in [1.165, 1.54) is 0 Å². The van der Waals surface area contributed by atoms with Gasteiger partial charge in [0.2, 0.25) is 0 Å². The molecule has 2 aromatic rings. The molecule has 2 rings (SSSR count). The van der Waals surface area contributed by atoms with Gasteiger partial charge in [0.15, 0.2) is 0 Å². The molecule has 0 fully saturated rings. The minimum Gasteiger partial charge on any atom is -0.388 e. The van der Waals surface area contributed by atoms with Crippen molar-refractivity contribution in [2.45, 2.75) is 12.5 Å². The number of pyridine rings is 1. The Labute approximate surface area is 113 Å². The van der Waals surface area contributed by atoms with Crippen molar-refractivity contribution in [1.29, 1.82) is 0 Å². The van der Waals surface area contributed by atoms with E-state index in [0.29, 0.717) is 13.0 Å². The quantitative estimate of drug-likeness (QED) is 0.862. The first-order valence-corrected chi connectivity index (χ1v) is 6.37. The summed E-state index contributed by atoms with van der Waals surface area (Å²) in [5, 5.41) is 9.91. The van der Waals surface area contributed by atoms with Gasteiger partial charge >= 0.3 is 0 Å². The Morgan fingerprint density at radius 1 is 1.16 bits per heavy atom. The van der Waals surface area contributed by atoms with E-state index in [-0.39, 0.29) is 0 Å². The molecule has 0 bridgehead atoms. The van der Waals surface area contributed by atoms with Gasteiger partial charge in [0, 0.05) is 6.20 Å². The summed E-state index contributed by atoms with van der Waals surface area (Å²) in [6.07, 6.45) is 5.79. The summed E-state index contributed by atoms with van der Waals surface area (Å²) >= 11 is 0. The van der Waals surface area contributed by atoms with Crippen LogP contribution in [0.25, 0.3) is 12.2 Å². The summed E-state index contributed by atoms with van der Waals surface area (Å²) in [5.41, 5.74) is 8.31. The maximum absolute atomic E-state index is 9.91. The van der Waals surface area contributed by atoms with Gasteiger partial charge in [-0.15, -0.1) is 0 Å². The van der Waals surface area contributed by atoms with Gasteiger partial charge in [-0.2, -0.15) is 0 Å². The summed E-state index contributed by atoms with van der Waals surface area (Å²) in [7, 11) is 0. The molecule has 98 valence electrons. The normalized spacial score (nSPS) is 12.7. The molecule has 1 heterocycles. The van der Waals surface area contributed by atoms with Gasteiger partial charge in [0.05, 0.1) is 11.8 Å². The summed E-state index contributed by atoms with van der Waals surface area (Å²) in [6, 6.07) is 13.6. The molecule has 0 amide bonds. The van der Waals surface area contributed by atoms with E-state index >= 15 is 0 Å². The number of nitrogens with zero attached hydrogens (tertiary/aromatic N) is 1. The highest BCUT2D eigenvalue weighted by molar-refractivity contribution is 5.68. The molecule has 0 aliphatic carbocycles. The molecule has 1 aromatic carbocycles. The molecule has 0 saturated heterocycles. The van der Waals surface area contributed by atoms with Crippen LogP contribution in [-0.4, -0.2) is 16.6 Å². The van der Waals surface area contributed by atoms with E-state index in [0.717, 1.165) is 16.8 Å². The highest BCUT2D eigenvalue weighted by Crippen LogP contribution is 2.18. The predicted molar refractivity (Wildman–Crippen MR) is 78.2 cm³/mol. The molecule has 3 heteroatoms. The molecule has 1 aromatic heterocycles. The van der Waals surface area contributed by atoms with Crippen LogP contribution in [0.15, 0.2) is 48.7 Å². The van der Waals surface area contributed by atoms with Crippen LogP contribution in [0.4, 0.5) is 0 Å². The fraction of sp³-hybridized carbons (Fsp3) is 0.188. The zero-order valence-corrected chi connectivity index (χ0v) is 10.7. The Morgan fingerprint density at radius 3 is 2.79 bits per heavy atom. The van der Waals surface area contributed by atoms with E-state index in [9.17, 15) is 5.11 Å². The van der Waals surface area contributed by atoms with Crippen LogP contribution < -0.4 is 5.73 Å². The molecule has 0 saturated carbocycles. The Kier molecular flexibility index (Phi) is 4.84. The Balaban J connectivity index is 2.13. The monoisotopic (exact) mass is 254 g/mol. The molecule has 0 aliphatic rings. The van der Waals surface area contributed by atoms with Crippen molar-refractivity contribution in [1.82, 2.24) is 4.98 Å². The fourth-order valence-electron chi connectivity index (χ4n) is 1.85. The first kappa shape index (κ1) is 13.5. The second-order valence-electron chi connectivity index (χ2n) is 4.35. The SMILES string of the molecule is NCCC(O)c1cccc(C=Cc2ccccn2)c1. The molecule has 1 unspecified atom stereocenters. The van der Waals surface area contributed by atoms with E-state index < -0.39 is 6.10 Å². The van der Waals surface area contributed by atoms with E-state index in [1.54, 1.807) is 6.20 Å². The molecule has 1 atom stereocenters. The van der Waals surface area contributed by atoms with Crippen LogP contribution in [0, 0.1) is 0 Å². The molecule has 19 heavy (non-hydrogen) atoms. The molecule has 3 N–H and O–H groups in total. The minimum absolute atomic E-state index is 0.481. The third-order valence-electron chi connectivity index (χ3n) is 2.87. The van der Waals surface area contributed by atoms with E-state index in [4.69, 9.17) is 5.73 Å². The molecule has 3 nitrogen and oxygen atoms in total. The van der Waals surface area contributed by atoms with Crippen LogP contribution in [0.1, 0.15) is 29.3 Å². The van der Waals surface area contributed by atoms with Crippen molar-refractivity contribution >= 4 is 12.2 Å². The largest absolute Gasteiger partial charge is 0.388 e. The summed E-state index contributed by atoms with van der Waals surface area (Å²) in [5.74, 6) is 0. The fourth-order valence-corrected chi connectivity index (χ4v) is 1.85. The lowest BCUT2D eigenvalue weighted by Gasteiger charge is -2.09. The summed E-state index contributed by atoms with van der Waals surface area (Å²) in [6.45, 7) is 0.481. The number of nitrogens with two attached hydrogens (primary N) is 1. The Morgan fingerprint density at radius 2 is 2.05 bits per heavy atom. The number of hydrogen-bond acceptors (Lipinski definition) is 3. The predicted octanol–water partition coefficient (Wildman–Crippen LogP) is 2.63. The molecule has 0 spiro atoms. The number of hydrogen-bond donors (Lipinski definition) is 2. The van der Waals surface area contributed by atoms with Crippen molar-refractivity contribution in [3.63, 3.8) is 0 Å². The number of aliphatic hydroxyl groups is 1. The van der Waals surface area contributed by atoms with Gasteiger partial charge in [0.1, 0.15) is 0 Å². The van der Waals surface area contributed by atoms with Gasteiger partial charge in [-0.1, -0.05) is 30.3 Å².